The molecule has 38 heavy (non-hydrogen) atoms. The first-order chi connectivity index (χ1) is 18.3. The second-order valence-electron chi connectivity index (χ2n) is 7.82. The van der Waals surface area contributed by atoms with Crippen molar-refractivity contribution in [2.24, 2.45) is 0 Å². The summed E-state index contributed by atoms with van der Waals surface area (Å²) in [7, 11) is 2.89. The summed E-state index contributed by atoms with van der Waals surface area (Å²) in [5.74, 6) is 0.418. The molecular formula is C28H26ClN3O5S. The van der Waals surface area contributed by atoms with E-state index in [2.05, 4.69) is 34.7 Å². The number of methoxy groups -OCH3 is 2. The SMILES string of the molecule is C=C(/C=C(\C=C/C)NC(=S)NC(O)c1cc(OC)c(OC)c(OCl)c1)NC(=O)c1ccc2ccc#cc2c1. The average Bonchev–Trinajstić information content (AvgIpc) is 2.91. The molecule has 0 fully saturated rings. The summed E-state index contributed by atoms with van der Waals surface area (Å²) >= 11 is 10.9. The summed E-state index contributed by atoms with van der Waals surface area (Å²) in [6, 6.07) is 17.9. The highest BCUT2D eigenvalue weighted by Gasteiger charge is 2.19. The van der Waals surface area contributed by atoms with Crippen LogP contribution in [0.2, 0.25) is 0 Å². The van der Waals surface area contributed by atoms with Crippen molar-refractivity contribution in [3.05, 3.63) is 102 Å². The number of halogens is 1. The number of amides is 1. The van der Waals surface area contributed by atoms with E-state index in [0.717, 1.165) is 10.8 Å². The minimum atomic E-state index is -1.24. The lowest BCUT2D eigenvalue weighted by molar-refractivity contribution is 0.0967. The summed E-state index contributed by atoms with van der Waals surface area (Å²) < 4.78 is 15.3. The highest BCUT2D eigenvalue weighted by molar-refractivity contribution is 7.80. The van der Waals surface area contributed by atoms with Crippen molar-refractivity contribution in [3.8, 4) is 17.2 Å². The maximum atomic E-state index is 12.7. The predicted molar refractivity (Wildman–Crippen MR) is 151 cm³/mol. The van der Waals surface area contributed by atoms with Crippen molar-refractivity contribution >= 4 is 45.9 Å². The van der Waals surface area contributed by atoms with Crippen LogP contribution >= 0.6 is 24.1 Å². The molecule has 0 aliphatic heterocycles. The first kappa shape index (κ1) is 28.3. The van der Waals surface area contributed by atoms with Gasteiger partial charge in [0.15, 0.2) is 22.8 Å². The van der Waals surface area contributed by atoms with E-state index in [1.807, 2.05) is 19.1 Å². The fourth-order valence-electron chi connectivity index (χ4n) is 3.49. The zero-order chi connectivity index (χ0) is 27.7. The van der Waals surface area contributed by atoms with E-state index >= 15 is 0 Å². The molecular weight excluding hydrogens is 526 g/mol. The highest BCUT2D eigenvalue weighted by Crippen LogP contribution is 2.40. The smallest absolute Gasteiger partial charge is 0.255 e. The predicted octanol–water partition coefficient (Wildman–Crippen LogP) is 4.85. The topological polar surface area (TPSA) is 101 Å². The molecule has 1 amide bonds. The second kappa shape index (κ2) is 13.4. The number of allylic oxidation sites excluding steroid dienone is 3. The Balaban J connectivity index is 1.68. The highest BCUT2D eigenvalue weighted by atomic mass is 35.5. The minimum absolute atomic E-state index is 0.102. The van der Waals surface area contributed by atoms with E-state index < -0.39 is 6.23 Å². The number of nitrogens with one attached hydrogen (secondary N) is 3. The Bertz CT molecular complexity index is 1380. The zero-order valence-corrected chi connectivity index (χ0v) is 22.5. The Morgan fingerprint density at radius 3 is 2.61 bits per heavy atom. The molecule has 3 rings (SSSR count). The third kappa shape index (κ3) is 7.17. The van der Waals surface area contributed by atoms with Crippen LogP contribution in [0.1, 0.15) is 29.1 Å². The number of ether oxygens (including phenoxy) is 2. The molecule has 0 aromatic heterocycles. The van der Waals surface area contributed by atoms with Gasteiger partial charge < -0.3 is 34.8 Å². The van der Waals surface area contributed by atoms with Crippen molar-refractivity contribution in [2.45, 2.75) is 13.2 Å². The molecule has 0 aliphatic carbocycles. The van der Waals surface area contributed by atoms with Crippen molar-refractivity contribution < 1.29 is 23.7 Å². The van der Waals surface area contributed by atoms with Crippen LogP contribution in [0.3, 0.4) is 0 Å². The van der Waals surface area contributed by atoms with Crippen molar-refractivity contribution in [1.29, 1.82) is 0 Å². The molecule has 1 atom stereocenters. The molecule has 0 heterocycles. The number of benzene rings is 2. The maximum Gasteiger partial charge on any atom is 0.255 e. The van der Waals surface area contributed by atoms with Crippen molar-refractivity contribution in [3.63, 3.8) is 0 Å². The molecule has 0 saturated carbocycles. The van der Waals surface area contributed by atoms with Gasteiger partial charge in [0.25, 0.3) is 5.91 Å². The number of fused-ring (bicyclic) bond motifs is 1. The maximum absolute atomic E-state index is 12.7. The molecule has 10 heteroatoms. The van der Waals surface area contributed by atoms with Crippen LogP contribution < -0.4 is 29.7 Å². The van der Waals surface area contributed by atoms with Crippen LogP contribution in [0.15, 0.2) is 78.7 Å². The first-order valence-corrected chi connectivity index (χ1v) is 12.0. The van der Waals surface area contributed by atoms with E-state index in [1.165, 1.54) is 20.3 Å². The number of thiocarbonyl (C=S) groups is 1. The van der Waals surface area contributed by atoms with Gasteiger partial charge in [0.1, 0.15) is 11.9 Å². The third-order valence-electron chi connectivity index (χ3n) is 5.21. The molecule has 3 aromatic carbocycles. The molecule has 0 spiro atoms. The van der Waals surface area contributed by atoms with Crippen LogP contribution in [0.5, 0.6) is 17.2 Å². The summed E-state index contributed by atoms with van der Waals surface area (Å²) in [5, 5.41) is 21.0. The van der Waals surface area contributed by atoms with E-state index in [-0.39, 0.29) is 22.5 Å². The molecule has 0 aliphatic rings. The molecule has 4 N–H and O–H groups in total. The van der Waals surface area contributed by atoms with Crippen LogP contribution in [-0.4, -0.2) is 30.3 Å². The summed E-state index contributed by atoms with van der Waals surface area (Å²) in [6.45, 7) is 5.73. The van der Waals surface area contributed by atoms with Crippen LogP contribution in [0.4, 0.5) is 0 Å². The Hall–Kier alpha value is -4.23. The van der Waals surface area contributed by atoms with E-state index in [0.29, 0.717) is 28.3 Å². The Morgan fingerprint density at radius 2 is 1.92 bits per heavy atom. The van der Waals surface area contributed by atoms with Gasteiger partial charge in [0.05, 0.1) is 14.2 Å². The normalized spacial score (nSPS) is 11.9. The van der Waals surface area contributed by atoms with E-state index in [4.69, 9.17) is 37.8 Å². The lowest BCUT2D eigenvalue weighted by atomic mass is 10.1. The molecule has 196 valence electrons. The first-order valence-electron chi connectivity index (χ1n) is 11.3. The van der Waals surface area contributed by atoms with Gasteiger partial charge in [0, 0.05) is 27.9 Å². The second-order valence-corrected chi connectivity index (χ2v) is 8.38. The molecule has 0 saturated heterocycles. The van der Waals surface area contributed by atoms with Crippen molar-refractivity contribution in [1.82, 2.24) is 16.0 Å². The Morgan fingerprint density at radius 1 is 1.16 bits per heavy atom. The van der Waals surface area contributed by atoms with Gasteiger partial charge in [-0.1, -0.05) is 30.9 Å². The molecule has 8 nitrogen and oxygen atoms in total. The Kier molecular flexibility index (Phi) is 9.96. The number of aliphatic hydroxyl groups is 1. The Labute approximate surface area is 231 Å². The van der Waals surface area contributed by atoms with Crippen molar-refractivity contribution in [2.75, 3.05) is 14.2 Å². The molecule has 0 bridgehead atoms. The number of carbonyl (C=O) groups excluding carboxylic acids is 1. The standard InChI is InChI=1S/C28H26ClN3O5S/c1-5-8-22(13-17(2)30-26(33)20-12-11-18-9-6-7-10-19(18)14-20)31-28(38)32-27(34)21-15-23(35-3)25(36-4)24(16-21)37-29/h5-6,8-9,11-16,27,34H,2H2,1,3-4H3,(H,30,33)(H2,31,32,38)/b8-5-,22-13+. The summed E-state index contributed by atoms with van der Waals surface area (Å²) in [5.41, 5.74) is 1.66. The number of rotatable bonds is 10. The van der Waals surface area contributed by atoms with E-state index in [9.17, 15) is 9.90 Å². The average molecular weight is 552 g/mol. The molecule has 0 radical (unpaired) electrons. The number of hydrogen-bond acceptors (Lipinski definition) is 6. The summed E-state index contributed by atoms with van der Waals surface area (Å²) in [4.78, 5) is 12.7. The van der Waals surface area contributed by atoms with Gasteiger partial charge in [0.2, 0.25) is 5.75 Å². The number of carbonyl (C=O) groups is 1. The monoisotopic (exact) mass is 551 g/mol. The molecule has 3 aromatic rings. The minimum Gasteiger partial charge on any atom is -0.493 e. The van der Waals surface area contributed by atoms with Crippen LogP contribution in [-0.2, 0) is 0 Å². The fourth-order valence-corrected chi connectivity index (χ4v) is 3.83. The van der Waals surface area contributed by atoms with Crippen LogP contribution in [0, 0.1) is 12.1 Å². The van der Waals surface area contributed by atoms with Crippen LogP contribution in [0.25, 0.3) is 10.8 Å². The molecule has 1 unspecified atom stereocenters. The summed E-state index contributed by atoms with van der Waals surface area (Å²) in [6.07, 6.45) is 3.88. The van der Waals surface area contributed by atoms with Gasteiger partial charge in [-0.25, -0.2) is 0 Å². The van der Waals surface area contributed by atoms with Gasteiger partial charge in [-0.2, -0.15) is 0 Å². The fraction of sp³-hybridized carbons (Fsp3) is 0.143. The third-order valence-corrected chi connectivity index (χ3v) is 5.60. The quantitative estimate of drug-likeness (QED) is 0.161. The van der Waals surface area contributed by atoms with Gasteiger partial charge in [-0.3, -0.25) is 4.79 Å². The lowest BCUT2D eigenvalue weighted by Crippen LogP contribution is -2.37. The zero-order valence-electron chi connectivity index (χ0n) is 20.9. The number of hydrogen-bond donors (Lipinski definition) is 4. The number of aliphatic hydroxyl groups excluding tert-OH is 1. The van der Waals surface area contributed by atoms with Gasteiger partial charge in [-0.05, 0) is 73.1 Å². The van der Waals surface area contributed by atoms with Gasteiger partial charge >= 0.3 is 0 Å². The van der Waals surface area contributed by atoms with Gasteiger partial charge in [-0.15, -0.1) is 0 Å². The van der Waals surface area contributed by atoms with E-state index in [1.54, 1.807) is 42.5 Å². The largest absolute Gasteiger partial charge is 0.493 e. The lowest BCUT2D eigenvalue weighted by Gasteiger charge is -2.19.